The number of piperidine rings is 1. The number of carbonyl (C=O) groups excluding carboxylic acids is 2. The minimum atomic E-state index is -0.240. The lowest BCUT2D eigenvalue weighted by molar-refractivity contribution is -0.131. The molecule has 1 aromatic heterocycles. The molecule has 0 unspecified atom stereocenters. The summed E-state index contributed by atoms with van der Waals surface area (Å²) in [7, 11) is 0. The molecule has 7 heteroatoms. The summed E-state index contributed by atoms with van der Waals surface area (Å²) in [6.07, 6.45) is 3.18. The highest BCUT2D eigenvalue weighted by molar-refractivity contribution is 5.96. The number of nitrogens with one attached hydrogen (secondary N) is 1. The highest BCUT2D eigenvalue weighted by Gasteiger charge is 2.24. The van der Waals surface area contributed by atoms with Gasteiger partial charge in [-0.3, -0.25) is 9.59 Å². The van der Waals surface area contributed by atoms with E-state index in [-0.39, 0.29) is 24.5 Å². The zero-order chi connectivity index (χ0) is 18.4. The van der Waals surface area contributed by atoms with Crippen LogP contribution in [0.3, 0.4) is 0 Å². The third kappa shape index (κ3) is 4.78. The molecule has 136 valence electrons. The first kappa shape index (κ1) is 17.8. The van der Waals surface area contributed by atoms with Crippen molar-refractivity contribution in [3.05, 3.63) is 54.0 Å². The van der Waals surface area contributed by atoms with Crippen molar-refractivity contribution in [3.63, 3.8) is 0 Å². The second-order valence-corrected chi connectivity index (χ2v) is 6.19. The van der Waals surface area contributed by atoms with E-state index in [0.717, 1.165) is 12.8 Å². The van der Waals surface area contributed by atoms with Crippen molar-refractivity contribution in [2.75, 3.05) is 19.6 Å². The first-order valence-corrected chi connectivity index (χ1v) is 8.69. The summed E-state index contributed by atoms with van der Waals surface area (Å²) in [6.45, 7) is 3.03. The van der Waals surface area contributed by atoms with Crippen molar-refractivity contribution < 1.29 is 14.3 Å². The predicted molar refractivity (Wildman–Crippen MR) is 95.8 cm³/mol. The molecule has 1 aliphatic heterocycles. The number of rotatable bonds is 5. The Morgan fingerprint density at radius 1 is 1.19 bits per heavy atom. The molecule has 26 heavy (non-hydrogen) atoms. The van der Waals surface area contributed by atoms with Gasteiger partial charge in [0.15, 0.2) is 0 Å². The third-order valence-electron chi connectivity index (χ3n) is 4.27. The Kier molecular flexibility index (Phi) is 5.78. The molecule has 7 nitrogen and oxygen atoms in total. The Hall–Kier alpha value is -2.96. The SMILES string of the molecule is Cc1nccc(OC2CCN(C(=O)CNC(=O)c3ccccc3)CC2)n1. The van der Waals surface area contributed by atoms with Crippen molar-refractivity contribution >= 4 is 11.8 Å². The van der Waals surface area contributed by atoms with Gasteiger partial charge in [0.1, 0.15) is 11.9 Å². The molecular weight excluding hydrogens is 332 g/mol. The maximum atomic E-state index is 12.3. The van der Waals surface area contributed by atoms with Crippen molar-refractivity contribution in [3.8, 4) is 5.88 Å². The summed E-state index contributed by atoms with van der Waals surface area (Å²) < 4.78 is 5.86. The summed E-state index contributed by atoms with van der Waals surface area (Å²) in [6, 6.07) is 10.6. The Bertz CT molecular complexity index is 758. The van der Waals surface area contributed by atoms with Crippen molar-refractivity contribution in [2.45, 2.75) is 25.9 Å². The van der Waals surface area contributed by atoms with Gasteiger partial charge in [0.05, 0.1) is 6.54 Å². The van der Waals surface area contributed by atoms with Gasteiger partial charge in [-0.05, 0) is 19.1 Å². The van der Waals surface area contributed by atoms with Gasteiger partial charge in [-0.1, -0.05) is 18.2 Å². The highest BCUT2D eigenvalue weighted by Crippen LogP contribution is 2.17. The Balaban J connectivity index is 1.43. The van der Waals surface area contributed by atoms with E-state index in [1.54, 1.807) is 41.4 Å². The number of hydrogen-bond donors (Lipinski definition) is 1. The maximum absolute atomic E-state index is 12.3. The predicted octanol–water partition coefficient (Wildman–Crippen LogP) is 1.58. The van der Waals surface area contributed by atoms with Crippen LogP contribution in [0.4, 0.5) is 0 Å². The Morgan fingerprint density at radius 3 is 2.62 bits per heavy atom. The summed E-state index contributed by atoms with van der Waals surface area (Å²) >= 11 is 0. The summed E-state index contributed by atoms with van der Waals surface area (Å²) in [5.41, 5.74) is 0.549. The van der Waals surface area contributed by atoms with Crippen molar-refractivity contribution in [1.82, 2.24) is 20.2 Å². The Morgan fingerprint density at radius 2 is 1.92 bits per heavy atom. The van der Waals surface area contributed by atoms with Crippen LogP contribution in [0.5, 0.6) is 5.88 Å². The molecule has 1 aromatic carbocycles. The van der Waals surface area contributed by atoms with Crippen LogP contribution in [-0.2, 0) is 4.79 Å². The molecule has 0 saturated carbocycles. The van der Waals surface area contributed by atoms with E-state index in [1.807, 2.05) is 13.0 Å². The molecule has 2 heterocycles. The normalized spacial score (nSPS) is 14.7. The fourth-order valence-electron chi connectivity index (χ4n) is 2.85. The van der Waals surface area contributed by atoms with Crippen molar-refractivity contribution in [2.24, 2.45) is 0 Å². The molecule has 1 fully saturated rings. The van der Waals surface area contributed by atoms with Crippen LogP contribution >= 0.6 is 0 Å². The van der Waals surface area contributed by atoms with Crippen LogP contribution in [0, 0.1) is 6.92 Å². The fourth-order valence-corrected chi connectivity index (χ4v) is 2.85. The highest BCUT2D eigenvalue weighted by atomic mass is 16.5. The largest absolute Gasteiger partial charge is 0.474 e. The van der Waals surface area contributed by atoms with E-state index in [1.165, 1.54) is 0 Å². The number of aryl methyl sites for hydroxylation is 1. The number of hydrogen-bond acceptors (Lipinski definition) is 5. The molecule has 0 radical (unpaired) electrons. The zero-order valence-electron chi connectivity index (χ0n) is 14.7. The van der Waals surface area contributed by atoms with E-state index in [9.17, 15) is 9.59 Å². The molecule has 1 saturated heterocycles. The van der Waals surface area contributed by atoms with Gasteiger partial charge < -0.3 is 15.0 Å². The first-order valence-electron chi connectivity index (χ1n) is 8.69. The quantitative estimate of drug-likeness (QED) is 0.881. The number of amides is 2. The van der Waals surface area contributed by atoms with Gasteiger partial charge in [-0.2, -0.15) is 4.98 Å². The van der Waals surface area contributed by atoms with Crippen LogP contribution in [-0.4, -0.2) is 52.4 Å². The third-order valence-corrected chi connectivity index (χ3v) is 4.27. The second-order valence-electron chi connectivity index (χ2n) is 6.19. The molecule has 2 amide bonds. The number of benzene rings is 1. The number of ether oxygens (including phenoxy) is 1. The van der Waals surface area contributed by atoms with Gasteiger partial charge in [-0.25, -0.2) is 4.98 Å². The monoisotopic (exact) mass is 354 g/mol. The average molecular weight is 354 g/mol. The van der Waals surface area contributed by atoms with Gasteiger partial charge in [-0.15, -0.1) is 0 Å². The summed E-state index contributed by atoms with van der Waals surface area (Å²) in [5.74, 6) is 0.920. The van der Waals surface area contributed by atoms with E-state index in [0.29, 0.717) is 30.4 Å². The standard InChI is InChI=1S/C19H22N4O3/c1-14-20-10-7-17(22-14)26-16-8-11-23(12-9-16)18(24)13-21-19(25)15-5-3-2-4-6-15/h2-7,10,16H,8-9,11-13H2,1H3,(H,21,25). The number of nitrogens with zero attached hydrogens (tertiary/aromatic N) is 3. The molecule has 0 bridgehead atoms. The number of likely N-dealkylation sites (tertiary alicyclic amines) is 1. The molecule has 0 atom stereocenters. The van der Waals surface area contributed by atoms with Gasteiger partial charge >= 0.3 is 0 Å². The lowest BCUT2D eigenvalue weighted by Crippen LogP contribution is -2.46. The molecule has 1 N–H and O–H groups in total. The van der Waals surface area contributed by atoms with Crippen LogP contribution in [0.1, 0.15) is 29.0 Å². The summed E-state index contributed by atoms with van der Waals surface area (Å²) in [4.78, 5) is 34.3. The van der Waals surface area contributed by atoms with Crippen LogP contribution in [0.2, 0.25) is 0 Å². The van der Waals surface area contributed by atoms with E-state index in [2.05, 4.69) is 15.3 Å². The number of carbonyl (C=O) groups is 2. The van der Waals surface area contributed by atoms with Crippen LogP contribution < -0.4 is 10.1 Å². The Labute approximate surface area is 152 Å². The van der Waals surface area contributed by atoms with Crippen LogP contribution in [0.15, 0.2) is 42.6 Å². The van der Waals surface area contributed by atoms with Gasteiger partial charge in [0.25, 0.3) is 5.91 Å². The minimum absolute atomic E-state index is 0.00432. The smallest absolute Gasteiger partial charge is 0.251 e. The molecule has 0 spiro atoms. The summed E-state index contributed by atoms with van der Waals surface area (Å²) in [5, 5.41) is 2.67. The number of aromatic nitrogens is 2. The topological polar surface area (TPSA) is 84.4 Å². The maximum Gasteiger partial charge on any atom is 0.251 e. The lowest BCUT2D eigenvalue weighted by Gasteiger charge is -2.32. The van der Waals surface area contributed by atoms with Gasteiger partial charge in [0, 0.05) is 43.8 Å². The first-order chi connectivity index (χ1) is 12.6. The molecule has 3 rings (SSSR count). The zero-order valence-corrected chi connectivity index (χ0v) is 14.7. The van der Waals surface area contributed by atoms with Gasteiger partial charge in [0.2, 0.25) is 11.8 Å². The lowest BCUT2D eigenvalue weighted by atomic mass is 10.1. The van der Waals surface area contributed by atoms with Crippen molar-refractivity contribution in [1.29, 1.82) is 0 Å². The average Bonchev–Trinajstić information content (AvgIpc) is 2.67. The van der Waals surface area contributed by atoms with E-state index < -0.39 is 0 Å². The van der Waals surface area contributed by atoms with E-state index >= 15 is 0 Å². The molecule has 2 aromatic rings. The fraction of sp³-hybridized carbons (Fsp3) is 0.368. The van der Waals surface area contributed by atoms with E-state index in [4.69, 9.17) is 4.74 Å². The minimum Gasteiger partial charge on any atom is -0.474 e. The molecular formula is C19H22N4O3. The second kappa shape index (κ2) is 8.42. The van der Waals surface area contributed by atoms with Crippen LogP contribution in [0.25, 0.3) is 0 Å². The molecule has 0 aliphatic carbocycles. The molecule has 1 aliphatic rings.